The highest BCUT2D eigenvalue weighted by molar-refractivity contribution is 6.04. The molecule has 8 nitrogen and oxygen atoms in total. The maximum Gasteiger partial charge on any atom is 0.327 e. The summed E-state index contributed by atoms with van der Waals surface area (Å²) in [5, 5.41) is 12.0. The Balaban J connectivity index is 1.40. The number of anilines is 3. The zero-order chi connectivity index (χ0) is 20.8. The lowest BCUT2D eigenvalue weighted by Gasteiger charge is -2.34. The van der Waals surface area contributed by atoms with Crippen molar-refractivity contribution in [1.29, 1.82) is 0 Å². The molecule has 5 rings (SSSR count). The largest absolute Gasteiger partial charge is 0.368 e. The van der Waals surface area contributed by atoms with E-state index in [9.17, 15) is 4.79 Å². The number of hydrogen-bond donors (Lipinski definition) is 2. The van der Waals surface area contributed by atoms with Gasteiger partial charge >= 0.3 is 6.03 Å². The highest BCUT2D eigenvalue weighted by atomic mass is 16.2. The predicted octanol–water partition coefficient (Wildman–Crippen LogP) is 2.67. The fraction of sp³-hybridized carbons (Fsp3) is 0.409. The third-order valence-electron chi connectivity index (χ3n) is 6.01. The van der Waals surface area contributed by atoms with Gasteiger partial charge in [-0.3, -0.25) is 9.58 Å². The van der Waals surface area contributed by atoms with Crippen molar-refractivity contribution in [3.8, 4) is 0 Å². The average molecular weight is 406 g/mol. The number of aromatic nitrogens is 3. The number of carbonyl (C=O) groups excluding carboxylic acids is 1. The lowest BCUT2D eigenvalue weighted by atomic mass is 10.1. The van der Waals surface area contributed by atoms with Gasteiger partial charge in [-0.05, 0) is 44.0 Å². The van der Waals surface area contributed by atoms with E-state index >= 15 is 0 Å². The summed E-state index contributed by atoms with van der Waals surface area (Å²) in [6.07, 6.45) is 4.60. The number of urea groups is 1. The van der Waals surface area contributed by atoms with Gasteiger partial charge in [0.25, 0.3) is 0 Å². The number of piperazine rings is 1. The summed E-state index contributed by atoms with van der Waals surface area (Å²) in [6.45, 7) is 7.74. The summed E-state index contributed by atoms with van der Waals surface area (Å²) in [7, 11) is 1.90. The fourth-order valence-corrected chi connectivity index (χ4v) is 4.54. The van der Waals surface area contributed by atoms with E-state index in [1.807, 2.05) is 38.5 Å². The molecule has 1 fully saturated rings. The van der Waals surface area contributed by atoms with Gasteiger partial charge < -0.3 is 15.5 Å². The Hall–Kier alpha value is -3.13. The van der Waals surface area contributed by atoms with Crippen LogP contribution >= 0.6 is 0 Å². The van der Waals surface area contributed by atoms with Crippen molar-refractivity contribution in [3.63, 3.8) is 0 Å². The molecule has 0 unspecified atom stereocenters. The van der Waals surface area contributed by atoms with Crippen molar-refractivity contribution in [1.82, 2.24) is 20.1 Å². The molecule has 0 bridgehead atoms. The lowest BCUT2D eigenvalue weighted by molar-refractivity contribution is 0.257. The SMILES string of the molecule is Cc1cc2nn(C)cc2cc1NC(=O)N1CCc2c(N3CCN[C@H](C)C3)ccnc21. The smallest absolute Gasteiger partial charge is 0.327 e. The van der Waals surface area contributed by atoms with Gasteiger partial charge in [0.05, 0.1) is 5.52 Å². The minimum atomic E-state index is -0.140. The maximum atomic E-state index is 13.1. The van der Waals surface area contributed by atoms with Crippen molar-refractivity contribution in [2.24, 2.45) is 7.05 Å². The van der Waals surface area contributed by atoms with E-state index in [4.69, 9.17) is 0 Å². The average Bonchev–Trinajstić information content (AvgIpc) is 3.30. The summed E-state index contributed by atoms with van der Waals surface area (Å²) < 4.78 is 1.79. The predicted molar refractivity (Wildman–Crippen MR) is 119 cm³/mol. The third kappa shape index (κ3) is 3.27. The van der Waals surface area contributed by atoms with Crippen molar-refractivity contribution in [3.05, 3.63) is 41.7 Å². The summed E-state index contributed by atoms with van der Waals surface area (Å²) >= 11 is 0. The van der Waals surface area contributed by atoms with E-state index < -0.39 is 0 Å². The molecule has 0 saturated carbocycles. The topological polar surface area (TPSA) is 78.3 Å². The van der Waals surface area contributed by atoms with Crippen LogP contribution in [0.5, 0.6) is 0 Å². The van der Waals surface area contributed by atoms with Gasteiger partial charge in [0.1, 0.15) is 5.82 Å². The molecule has 2 aliphatic rings. The summed E-state index contributed by atoms with van der Waals surface area (Å²) in [4.78, 5) is 21.9. The van der Waals surface area contributed by atoms with Crippen LogP contribution in [0, 0.1) is 6.92 Å². The molecule has 1 atom stereocenters. The Labute approximate surface area is 175 Å². The van der Waals surface area contributed by atoms with E-state index in [0.717, 1.165) is 54.0 Å². The quantitative estimate of drug-likeness (QED) is 0.685. The fourth-order valence-electron chi connectivity index (χ4n) is 4.54. The minimum absolute atomic E-state index is 0.140. The van der Waals surface area contributed by atoms with Crippen molar-refractivity contribution in [2.75, 3.05) is 41.3 Å². The van der Waals surface area contributed by atoms with E-state index in [-0.39, 0.29) is 6.03 Å². The summed E-state index contributed by atoms with van der Waals surface area (Å²) in [6, 6.07) is 6.38. The maximum absolute atomic E-state index is 13.1. The zero-order valence-electron chi connectivity index (χ0n) is 17.6. The van der Waals surface area contributed by atoms with Gasteiger partial charge in [0, 0.05) is 74.0 Å². The van der Waals surface area contributed by atoms with Crippen LogP contribution in [0.15, 0.2) is 30.6 Å². The van der Waals surface area contributed by atoms with Crippen LogP contribution in [0.1, 0.15) is 18.1 Å². The van der Waals surface area contributed by atoms with Crippen LogP contribution in [0.3, 0.4) is 0 Å². The molecule has 1 aromatic carbocycles. The number of amides is 2. The second-order valence-corrected chi connectivity index (χ2v) is 8.29. The normalized spacial score (nSPS) is 18.7. The van der Waals surface area contributed by atoms with Gasteiger partial charge in [0.15, 0.2) is 0 Å². The Kier molecular flexibility index (Phi) is 4.58. The van der Waals surface area contributed by atoms with Crippen LogP contribution in [-0.4, -0.2) is 53.0 Å². The third-order valence-corrected chi connectivity index (χ3v) is 6.01. The van der Waals surface area contributed by atoms with E-state index in [0.29, 0.717) is 12.6 Å². The molecule has 0 radical (unpaired) electrons. The van der Waals surface area contributed by atoms with Gasteiger partial charge in [-0.2, -0.15) is 5.10 Å². The molecule has 8 heteroatoms. The number of nitrogens with zero attached hydrogens (tertiary/aromatic N) is 5. The number of rotatable bonds is 2. The van der Waals surface area contributed by atoms with Crippen LogP contribution in [-0.2, 0) is 13.5 Å². The number of benzene rings is 1. The van der Waals surface area contributed by atoms with Crippen molar-refractivity contribution >= 4 is 34.1 Å². The molecule has 0 spiro atoms. The van der Waals surface area contributed by atoms with Gasteiger partial charge in [-0.25, -0.2) is 9.78 Å². The van der Waals surface area contributed by atoms with Crippen molar-refractivity contribution in [2.45, 2.75) is 26.3 Å². The number of pyridine rings is 1. The summed E-state index contributed by atoms with van der Waals surface area (Å²) in [5.41, 5.74) is 5.10. The first-order chi connectivity index (χ1) is 14.5. The number of carbonyl (C=O) groups is 1. The monoisotopic (exact) mass is 405 g/mol. The minimum Gasteiger partial charge on any atom is -0.368 e. The van der Waals surface area contributed by atoms with Gasteiger partial charge in [-0.15, -0.1) is 0 Å². The molecule has 0 aliphatic carbocycles. The summed E-state index contributed by atoms with van der Waals surface area (Å²) in [5.74, 6) is 0.774. The molecule has 2 aliphatic heterocycles. The highest BCUT2D eigenvalue weighted by Crippen LogP contribution is 2.34. The molecular weight excluding hydrogens is 378 g/mol. The zero-order valence-corrected chi connectivity index (χ0v) is 17.6. The molecule has 156 valence electrons. The number of nitrogens with one attached hydrogen (secondary N) is 2. The Morgan fingerprint density at radius 3 is 3.00 bits per heavy atom. The number of hydrogen-bond acceptors (Lipinski definition) is 5. The van der Waals surface area contributed by atoms with E-state index in [1.165, 1.54) is 11.3 Å². The van der Waals surface area contributed by atoms with Crippen LogP contribution in [0.4, 0.5) is 22.0 Å². The van der Waals surface area contributed by atoms with E-state index in [2.05, 4.69) is 38.6 Å². The first kappa shape index (κ1) is 18.9. The van der Waals surface area contributed by atoms with E-state index in [1.54, 1.807) is 9.58 Å². The second-order valence-electron chi connectivity index (χ2n) is 8.29. The van der Waals surface area contributed by atoms with Crippen LogP contribution < -0.4 is 20.4 Å². The molecule has 3 aromatic rings. The Bertz CT molecular complexity index is 1120. The molecule has 2 aromatic heterocycles. The molecule has 1 saturated heterocycles. The first-order valence-corrected chi connectivity index (χ1v) is 10.5. The highest BCUT2D eigenvalue weighted by Gasteiger charge is 2.30. The molecule has 2 amide bonds. The molecular formula is C22H27N7O. The first-order valence-electron chi connectivity index (χ1n) is 10.5. The van der Waals surface area contributed by atoms with Crippen LogP contribution in [0.2, 0.25) is 0 Å². The molecule has 2 N–H and O–H groups in total. The number of fused-ring (bicyclic) bond motifs is 2. The van der Waals surface area contributed by atoms with Crippen LogP contribution in [0.25, 0.3) is 10.9 Å². The van der Waals surface area contributed by atoms with Gasteiger partial charge in [0.2, 0.25) is 0 Å². The molecule has 4 heterocycles. The van der Waals surface area contributed by atoms with Crippen molar-refractivity contribution < 1.29 is 4.79 Å². The second kappa shape index (κ2) is 7.28. The molecule has 30 heavy (non-hydrogen) atoms. The Morgan fingerprint density at radius 2 is 2.17 bits per heavy atom. The number of aryl methyl sites for hydroxylation is 2. The van der Waals surface area contributed by atoms with Gasteiger partial charge in [-0.1, -0.05) is 0 Å². The lowest BCUT2D eigenvalue weighted by Crippen LogP contribution is -2.49. The Morgan fingerprint density at radius 1 is 1.30 bits per heavy atom. The standard InChI is InChI=1S/C22H27N7O/c1-14-10-19-16(13-27(3)26-19)11-18(14)25-22(30)29-8-5-17-20(4-6-24-21(17)29)28-9-7-23-15(2)12-28/h4,6,10-11,13,15,23H,5,7-9,12H2,1-3H3,(H,25,30)/t15-/m1/s1.